The maximum absolute atomic E-state index is 12.8. The van der Waals surface area contributed by atoms with Gasteiger partial charge in [-0.15, -0.1) is 0 Å². The number of amides is 1. The molecule has 9 heteroatoms. The molecule has 0 spiro atoms. The van der Waals surface area contributed by atoms with Gasteiger partial charge in [0, 0.05) is 11.6 Å². The maximum atomic E-state index is 12.8. The summed E-state index contributed by atoms with van der Waals surface area (Å²) in [7, 11) is 0. The van der Waals surface area contributed by atoms with Crippen LogP contribution in [0.4, 0.5) is 13.2 Å². The highest BCUT2D eigenvalue weighted by atomic mass is 35.5. The highest BCUT2D eigenvalue weighted by Crippen LogP contribution is 2.36. The van der Waals surface area contributed by atoms with Gasteiger partial charge >= 0.3 is 6.18 Å². The Morgan fingerprint density at radius 3 is 2.54 bits per heavy atom. The van der Waals surface area contributed by atoms with Crippen molar-refractivity contribution in [3.05, 3.63) is 52.4 Å². The summed E-state index contributed by atoms with van der Waals surface area (Å²) in [5.41, 5.74) is -0.549. The monoisotopic (exact) mass is 372 g/mol. The Morgan fingerprint density at radius 1 is 1.17 bits per heavy atom. The molecule has 0 saturated carbocycles. The first-order valence-electron chi connectivity index (χ1n) is 6.55. The summed E-state index contributed by atoms with van der Waals surface area (Å²) in [4.78, 5) is 11.6. The molecule has 1 aromatic carbocycles. The number of benzene rings is 1. The second-order valence-corrected chi connectivity index (χ2v) is 5.68. The van der Waals surface area contributed by atoms with E-state index in [-0.39, 0.29) is 32.9 Å². The molecular weight excluding hydrogens is 365 g/mol. The predicted octanol–water partition coefficient (Wildman–Crippen LogP) is 3.96. The van der Waals surface area contributed by atoms with Crippen LogP contribution in [0, 0.1) is 0 Å². The van der Waals surface area contributed by atoms with Gasteiger partial charge in [0.15, 0.2) is 5.11 Å². The molecule has 4 nitrogen and oxygen atoms in total. The highest BCUT2D eigenvalue weighted by Gasteiger charge is 2.31. The number of halogens is 4. The molecule has 0 unspecified atom stereocenters. The lowest BCUT2D eigenvalue weighted by Gasteiger charge is -2.09. The van der Waals surface area contributed by atoms with E-state index >= 15 is 0 Å². The summed E-state index contributed by atoms with van der Waals surface area (Å²) >= 11 is 10.8. The molecule has 124 valence electrons. The maximum Gasteiger partial charge on any atom is 0.416 e. The van der Waals surface area contributed by atoms with Gasteiger partial charge < -0.3 is 9.73 Å². The Balaban J connectivity index is 1.95. The van der Waals surface area contributed by atoms with Crippen molar-refractivity contribution in [3.63, 3.8) is 0 Å². The molecular formula is C15H8ClF3N2O2S. The minimum atomic E-state index is -4.49. The van der Waals surface area contributed by atoms with Crippen molar-refractivity contribution in [2.24, 2.45) is 0 Å². The summed E-state index contributed by atoms with van der Waals surface area (Å²) in [5, 5.41) is 5.31. The van der Waals surface area contributed by atoms with Crippen LogP contribution in [0.5, 0.6) is 0 Å². The van der Waals surface area contributed by atoms with Gasteiger partial charge in [-0.25, -0.2) is 0 Å². The SMILES string of the molecule is O=C1NC(=S)NC1=Cc1ccc(-c2cc(C(F)(F)F)ccc2Cl)o1. The number of furan rings is 1. The second-order valence-electron chi connectivity index (χ2n) is 4.86. The van der Waals surface area contributed by atoms with Crippen LogP contribution in [0.15, 0.2) is 40.4 Å². The lowest BCUT2D eigenvalue weighted by Crippen LogP contribution is -2.21. The van der Waals surface area contributed by atoms with E-state index in [9.17, 15) is 18.0 Å². The lowest BCUT2D eigenvalue weighted by atomic mass is 10.1. The van der Waals surface area contributed by atoms with Gasteiger partial charge in [0.1, 0.15) is 17.2 Å². The van der Waals surface area contributed by atoms with Gasteiger partial charge in [0.05, 0.1) is 10.6 Å². The fourth-order valence-electron chi connectivity index (χ4n) is 2.09. The van der Waals surface area contributed by atoms with E-state index in [4.69, 9.17) is 28.2 Å². The van der Waals surface area contributed by atoms with E-state index in [0.717, 1.165) is 18.2 Å². The first-order chi connectivity index (χ1) is 11.2. The quantitative estimate of drug-likeness (QED) is 0.619. The van der Waals surface area contributed by atoms with Crippen molar-refractivity contribution >= 4 is 40.9 Å². The van der Waals surface area contributed by atoms with Crippen LogP contribution in [0.3, 0.4) is 0 Å². The van der Waals surface area contributed by atoms with E-state index in [0.29, 0.717) is 0 Å². The van der Waals surface area contributed by atoms with Gasteiger partial charge in [-0.05, 0) is 42.5 Å². The Labute approximate surface area is 144 Å². The van der Waals surface area contributed by atoms with Crippen molar-refractivity contribution < 1.29 is 22.4 Å². The van der Waals surface area contributed by atoms with E-state index in [1.807, 2.05) is 0 Å². The van der Waals surface area contributed by atoms with Gasteiger partial charge in [0.2, 0.25) is 0 Å². The normalized spacial score (nSPS) is 16.4. The Kier molecular flexibility index (Phi) is 4.10. The molecule has 1 saturated heterocycles. The molecule has 1 amide bonds. The molecule has 0 radical (unpaired) electrons. The van der Waals surface area contributed by atoms with Crippen molar-refractivity contribution in [2.45, 2.75) is 6.18 Å². The first-order valence-corrected chi connectivity index (χ1v) is 7.33. The molecule has 24 heavy (non-hydrogen) atoms. The standard InChI is InChI=1S/C15H8ClF3N2O2S/c16-10-3-1-7(15(17,18)19)5-9(10)12-4-2-8(23-12)6-11-13(22)21-14(24)20-11/h1-6H,(H2,20,21,22,24). The van der Waals surface area contributed by atoms with Gasteiger partial charge in [-0.1, -0.05) is 11.6 Å². The molecule has 1 aromatic heterocycles. The predicted molar refractivity (Wildman–Crippen MR) is 86.0 cm³/mol. The molecule has 2 aromatic rings. The average Bonchev–Trinajstić information content (AvgIpc) is 3.05. The summed E-state index contributed by atoms with van der Waals surface area (Å²) < 4.78 is 43.9. The molecule has 3 rings (SSSR count). The molecule has 0 atom stereocenters. The van der Waals surface area contributed by atoms with E-state index in [1.165, 1.54) is 18.2 Å². The second kappa shape index (κ2) is 5.95. The minimum Gasteiger partial charge on any atom is -0.457 e. The zero-order valence-corrected chi connectivity index (χ0v) is 13.3. The van der Waals surface area contributed by atoms with Crippen LogP contribution in [-0.4, -0.2) is 11.0 Å². The number of thiocarbonyl (C=S) groups is 1. The Bertz CT molecular complexity index is 874. The molecule has 0 aliphatic carbocycles. The molecule has 2 heterocycles. The topological polar surface area (TPSA) is 54.3 Å². The third-order valence-electron chi connectivity index (χ3n) is 3.19. The lowest BCUT2D eigenvalue weighted by molar-refractivity contribution is -0.137. The fraction of sp³-hybridized carbons (Fsp3) is 0.0667. The zero-order chi connectivity index (χ0) is 17.5. The van der Waals surface area contributed by atoms with Crippen LogP contribution in [-0.2, 0) is 11.0 Å². The number of carbonyl (C=O) groups excluding carboxylic acids is 1. The number of hydrogen-bond acceptors (Lipinski definition) is 3. The number of rotatable bonds is 2. The summed E-state index contributed by atoms with van der Waals surface area (Å²) in [6, 6.07) is 5.94. The van der Waals surface area contributed by atoms with E-state index < -0.39 is 17.6 Å². The Hall–Kier alpha value is -2.32. The average molecular weight is 373 g/mol. The van der Waals surface area contributed by atoms with Gasteiger partial charge in [-0.2, -0.15) is 13.2 Å². The van der Waals surface area contributed by atoms with Crippen molar-refractivity contribution in [1.82, 2.24) is 10.6 Å². The molecule has 2 N–H and O–H groups in total. The summed E-state index contributed by atoms with van der Waals surface area (Å²) in [6.45, 7) is 0. The molecule has 1 aliphatic heterocycles. The van der Waals surface area contributed by atoms with Gasteiger partial charge in [-0.3, -0.25) is 10.1 Å². The third-order valence-corrected chi connectivity index (χ3v) is 3.73. The van der Waals surface area contributed by atoms with Crippen molar-refractivity contribution in [3.8, 4) is 11.3 Å². The van der Waals surface area contributed by atoms with Crippen LogP contribution in [0.25, 0.3) is 17.4 Å². The largest absolute Gasteiger partial charge is 0.457 e. The minimum absolute atomic E-state index is 0.107. The third kappa shape index (κ3) is 3.29. The highest BCUT2D eigenvalue weighted by molar-refractivity contribution is 7.80. The number of alkyl halides is 3. The zero-order valence-electron chi connectivity index (χ0n) is 11.7. The van der Waals surface area contributed by atoms with E-state index in [2.05, 4.69) is 10.6 Å². The number of nitrogens with one attached hydrogen (secondary N) is 2. The summed E-state index contributed by atoms with van der Waals surface area (Å²) in [6.07, 6.45) is -3.10. The molecule has 0 bridgehead atoms. The van der Waals surface area contributed by atoms with Crippen LogP contribution in [0.1, 0.15) is 11.3 Å². The van der Waals surface area contributed by atoms with Crippen LogP contribution < -0.4 is 10.6 Å². The van der Waals surface area contributed by atoms with E-state index in [1.54, 1.807) is 0 Å². The first kappa shape index (κ1) is 16.5. The molecule has 1 fully saturated rings. The number of carbonyl (C=O) groups is 1. The van der Waals surface area contributed by atoms with Crippen LogP contribution >= 0.6 is 23.8 Å². The molecule has 1 aliphatic rings. The smallest absolute Gasteiger partial charge is 0.416 e. The van der Waals surface area contributed by atoms with Crippen LogP contribution in [0.2, 0.25) is 5.02 Å². The van der Waals surface area contributed by atoms with Crippen molar-refractivity contribution in [2.75, 3.05) is 0 Å². The Morgan fingerprint density at radius 2 is 1.92 bits per heavy atom. The summed E-state index contributed by atoms with van der Waals surface area (Å²) in [5.74, 6) is -0.00480. The number of hydrogen-bond donors (Lipinski definition) is 2. The van der Waals surface area contributed by atoms with Gasteiger partial charge in [0.25, 0.3) is 5.91 Å². The van der Waals surface area contributed by atoms with Crippen molar-refractivity contribution in [1.29, 1.82) is 0 Å². The fourth-order valence-corrected chi connectivity index (χ4v) is 2.50.